The molecule has 0 heterocycles. The van der Waals surface area contributed by atoms with Gasteiger partial charge in [0.15, 0.2) is 0 Å². The van der Waals surface area contributed by atoms with Gasteiger partial charge in [-0.15, -0.1) is 11.8 Å². The molecule has 64 valence electrons. The van der Waals surface area contributed by atoms with Crippen LogP contribution in [0.5, 0.6) is 0 Å². The van der Waals surface area contributed by atoms with Crippen molar-refractivity contribution in [3.8, 4) is 0 Å². The Bertz CT molecular complexity index is 136. The lowest BCUT2D eigenvalue weighted by Crippen LogP contribution is -2.03. The monoisotopic (exact) mass is 175 g/mol. The molecule has 0 fully saturated rings. The van der Waals surface area contributed by atoms with E-state index in [0.29, 0.717) is 12.3 Å². The summed E-state index contributed by atoms with van der Waals surface area (Å²) in [5.41, 5.74) is 5.21. The van der Waals surface area contributed by atoms with Crippen LogP contribution in [0.4, 0.5) is 0 Å². The summed E-state index contributed by atoms with van der Waals surface area (Å²) in [4.78, 5) is 10.6. The summed E-state index contributed by atoms with van der Waals surface area (Å²) in [5, 5.41) is 0. The summed E-state index contributed by atoms with van der Waals surface area (Å²) in [7, 11) is 1.39. The Labute approximate surface area is 71.0 Å². The van der Waals surface area contributed by atoms with Crippen molar-refractivity contribution in [1.29, 1.82) is 0 Å². The van der Waals surface area contributed by atoms with Crippen LogP contribution < -0.4 is 5.73 Å². The standard InChI is InChI=1S/C7H13NO2S/c1-10-7(9)6-11-5-3-2-4-8/h2-3H,4-6,8H2,1H3. The van der Waals surface area contributed by atoms with E-state index in [0.717, 1.165) is 5.75 Å². The van der Waals surface area contributed by atoms with E-state index in [4.69, 9.17) is 5.73 Å². The number of rotatable bonds is 5. The molecule has 0 aliphatic rings. The molecule has 0 spiro atoms. The van der Waals surface area contributed by atoms with Gasteiger partial charge < -0.3 is 10.5 Å². The first-order valence-electron chi connectivity index (χ1n) is 3.31. The second-order valence-corrected chi connectivity index (χ2v) is 2.83. The molecule has 0 aliphatic heterocycles. The van der Waals surface area contributed by atoms with Gasteiger partial charge in [-0.3, -0.25) is 4.79 Å². The molecule has 0 unspecified atom stereocenters. The Balaban J connectivity index is 3.14. The average molecular weight is 175 g/mol. The first kappa shape index (κ1) is 10.5. The molecule has 0 aliphatic carbocycles. The summed E-state index contributed by atoms with van der Waals surface area (Å²) >= 11 is 1.51. The van der Waals surface area contributed by atoms with Gasteiger partial charge in [-0.1, -0.05) is 12.2 Å². The van der Waals surface area contributed by atoms with Crippen molar-refractivity contribution in [3.63, 3.8) is 0 Å². The average Bonchev–Trinajstić information content (AvgIpc) is 2.04. The quantitative estimate of drug-likeness (QED) is 0.373. The Hall–Kier alpha value is -0.480. The highest BCUT2D eigenvalue weighted by Gasteiger charge is 1.96. The fourth-order valence-electron chi connectivity index (χ4n) is 0.433. The first-order valence-corrected chi connectivity index (χ1v) is 4.46. The summed E-state index contributed by atoms with van der Waals surface area (Å²) < 4.78 is 4.45. The zero-order valence-corrected chi connectivity index (χ0v) is 7.39. The number of esters is 1. The third-order valence-electron chi connectivity index (χ3n) is 0.964. The number of nitrogens with two attached hydrogens (primary N) is 1. The van der Waals surface area contributed by atoms with Gasteiger partial charge >= 0.3 is 5.97 Å². The van der Waals surface area contributed by atoms with Crippen LogP contribution in [-0.2, 0) is 9.53 Å². The van der Waals surface area contributed by atoms with E-state index in [1.54, 1.807) is 0 Å². The Kier molecular flexibility index (Phi) is 7.29. The van der Waals surface area contributed by atoms with Crippen molar-refractivity contribution in [2.45, 2.75) is 0 Å². The van der Waals surface area contributed by atoms with Crippen molar-refractivity contribution >= 4 is 17.7 Å². The summed E-state index contributed by atoms with van der Waals surface area (Å²) in [6.45, 7) is 0.554. The van der Waals surface area contributed by atoms with Crippen LogP contribution in [0.1, 0.15) is 0 Å². The third kappa shape index (κ3) is 7.42. The molecular formula is C7H13NO2S. The summed E-state index contributed by atoms with van der Waals surface area (Å²) in [6.07, 6.45) is 3.80. The molecule has 0 saturated heterocycles. The number of carbonyl (C=O) groups excluding carboxylic acids is 1. The Morgan fingerprint density at radius 1 is 1.64 bits per heavy atom. The number of hydrogen-bond acceptors (Lipinski definition) is 4. The molecule has 0 radical (unpaired) electrons. The molecule has 0 aromatic carbocycles. The normalized spacial score (nSPS) is 10.4. The van der Waals surface area contributed by atoms with E-state index >= 15 is 0 Å². The number of carbonyl (C=O) groups is 1. The van der Waals surface area contributed by atoms with E-state index in [9.17, 15) is 4.79 Å². The maximum absolute atomic E-state index is 10.6. The fraction of sp³-hybridized carbons (Fsp3) is 0.571. The van der Waals surface area contributed by atoms with Gasteiger partial charge in [-0.2, -0.15) is 0 Å². The summed E-state index contributed by atoms with van der Waals surface area (Å²) in [6, 6.07) is 0. The van der Waals surface area contributed by atoms with E-state index < -0.39 is 0 Å². The smallest absolute Gasteiger partial charge is 0.315 e. The zero-order valence-electron chi connectivity index (χ0n) is 6.58. The highest BCUT2D eigenvalue weighted by Crippen LogP contribution is 1.99. The third-order valence-corrected chi connectivity index (χ3v) is 1.83. The van der Waals surface area contributed by atoms with E-state index in [1.165, 1.54) is 18.9 Å². The van der Waals surface area contributed by atoms with Crippen molar-refractivity contribution in [3.05, 3.63) is 12.2 Å². The van der Waals surface area contributed by atoms with Crippen LogP contribution >= 0.6 is 11.8 Å². The van der Waals surface area contributed by atoms with Crippen LogP contribution in [0.15, 0.2) is 12.2 Å². The Morgan fingerprint density at radius 2 is 2.36 bits per heavy atom. The lowest BCUT2D eigenvalue weighted by atomic mass is 10.5. The molecule has 0 atom stereocenters. The molecule has 4 heteroatoms. The molecule has 0 saturated carbocycles. The van der Waals surface area contributed by atoms with Gasteiger partial charge in [0.2, 0.25) is 0 Å². The summed E-state index contributed by atoms with van der Waals surface area (Å²) in [5.74, 6) is 1.04. The van der Waals surface area contributed by atoms with E-state index in [1.807, 2.05) is 12.2 Å². The number of methoxy groups -OCH3 is 1. The van der Waals surface area contributed by atoms with E-state index in [2.05, 4.69) is 4.74 Å². The lowest BCUT2D eigenvalue weighted by Gasteiger charge is -1.95. The molecule has 0 amide bonds. The van der Waals surface area contributed by atoms with Crippen LogP contribution in [0, 0.1) is 0 Å². The SMILES string of the molecule is COC(=O)CSCC=CCN. The predicted molar refractivity (Wildman–Crippen MR) is 47.5 cm³/mol. The second-order valence-electron chi connectivity index (χ2n) is 1.80. The molecule has 0 aromatic rings. The van der Waals surface area contributed by atoms with Crippen molar-refractivity contribution < 1.29 is 9.53 Å². The maximum Gasteiger partial charge on any atom is 0.315 e. The minimum Gasteiger partial charge on any atom is -0.468 e. The maximum atomic E-state index is 10.6. The molecule has 3 nitrogen and oxygen atoms in total. The van der Waals surface area contributed by atoms with Gasteiger partial charge in [0.1, 0.15) is 0 Å². The molecule has 0 aromatic heterocycles. The Morgan fingerprint density at radius 3 is 2.91 bits per heavy atom. The highest BCUT2D eigenvalue weighted by molar-refractivity contribution is 8.00. The topological polar surface area (TPSA) is 52.3 Å². The lowest BCUT2D eigenvalue weighted by molar-refractivity contribution is -0.137. The number of ether oxygens (including phenoxy) is 1. The van der Waals surface area contributed by atoms with Crippen LogP contribution in [0.3, 0.4) is 0 Å². The predicted octanol–water partition coefficient (Wildman–Crippen LogP) is 0.408. The van der Waals surface area contributed by atoms with Gasteiger partial charge in [0.05, 0.1) is 12.9 Å². The van der Waals surface area contributed by atoms with Crippen molar-refractivity contribution in [2.24, 2.45) is 5.73 Å². The fourth-order valence-corrected chi connectivity index (χ4v) is 1.11. The van der Waals surface area contributed by atoms with Gasteiger partial charge in [0, 0.05) is 12.3 Å². The highest BCUT2D eigenvalue weighted by atomic mass is 32.2. The van der Waals surface area contributed by atoms with Crippen LogP contribution in [-0.4, -0.2) is 31.1 Å². The molecular weight excluding hydrogens is 162 g/mol. The van der Waals surface area contributed by atoms with Crippen LogP contribution in [0.25, 0.3) is 0 Å². The second kappa shape index (κ2) is 7.63. The molecule has 0 rings (SSSR count). The zero-order chi connectivity index (χ0) is 8.53. The molecule has 0 bridgehead atoms. The minimum atomic E-state index is -0.184. The van der Waals surface area contributed by atoms with Crippen molar-refractivity contribution in [1.82, 2.24) is 0 Å². The van der Waals surface area contributed by atoms with Crippen LogP contribution in [0.2, 0.25) is 0 Å². The van der Waals surface area contributed by atoms with Gasteiger partial charge in [-0.25, -0.2) is 0 Å². The molecule has 2 N–H and O–H groups in total. The largest absolute Gasteiger partial charge is 0.468 e. The number of thioether (sulfide) groups is 1. The minimum absolute atomic E-state index is 0.184. The van der Waals surface area contributed by atoms with Gasteiger partial charge in [0.25, 0.3) is 0 Å². The van der Waals surface area contributed by atoms with Gasteiger partial charge in [-0.05, 0) is 0 Å². The first-order chi connectivity index (χ1) is 5.31. The molecule has 11 heavy (non-hydrogen) atoms. The van der Waals surface area contributed by atoms with E-state index in [-0.39, 0.29) is 5.97 Å². The number of hydrogen-bond donors (Lipinski definition) is 1. The van der Waals surface area contributed by atoms with Crippen molar-refractivity contribution in [2.75, 3.05) is 25.2 Å².